The van der Waals surface area contributed by atoms with Gasteiger partial charge in [-0.05, 0) is 17.7 Å². The van der Waals surface area contributed by atoms with Crippen molar-refractivity contribution in [2.24, 2.45) is 0 Å². The van der Waals surface area contributed by atoms with Gasteiger partial charge in [0, 0.05) is 33.1 Å². The van der Waals surface area contributed by atoms with Crippen LogP contribution in [0.1, 0.15) is 12.5 Å². The Labute approximate surface area is 153 Å². The van der Waals surface area contributed by atoms with Crippen molar-refractivity contribution in [3.8, 4) is 11.5 Å². The number of amides is 3. The van der Waals surface area contributed by atoms with Crippen LogP contribution in [0.5, 0.6) is 11.5 Å². The molecule has 1 aromatic rings. The number of nitrogens with one attached hydrogen (secondary N) is 1. The average Bonchev–Trinajstić information content (AvgIpc) is 2.66. The van der Waals surface area contributed by atoms with Crippen LogP contribution in [-0.4, -0.2) is 74.5 Å². The summed E-state index contributed by atoms with van der Waals surface area (Å²) in [6.07, 6.45) is 0.145. The number of carbonyl (C=O) groups excluding carboxylic acids is 3. The van der Waals surface area contributed by atoms with Gasteiger partial charge in [0.15, 0.2) is 11.5 Å². The molecule has 1 fully saturated rings. The largest absolute Gasteiger partial charge is 0.493 e. The molecule has 1 aliphatic heterocycles. The molecule has 0 unspecified atom stereocenters. The third kappa shape index (κ3) is 5.11. The Hall–Kier alpha value is -2.77. The topological polar surface area (TPSA) is 88.2 Å². The molecule has 1 N–H and O–H groups in total. The lowest BCUT2D eigenvalue weighted by Crippen LogP contribution is -2.52. The highest BCUT2D eigenvalue weighted by Gasteiger charge is 2.22. The second-order valence-electron chi connectivity index (χ2n) is 6.03. The van der Waals surface area contributed by atoms with Gasteiger partial charge in [-0.3, -0.25) is 14.4 Å². The minimum Gasteiger partial charge on any atom is -0.493 e. The normalized spacial score (nSPS) is 14.0. The van der Waals surface area contributed by atoms with E-state index in [0.29, 0.717) is 37.7 Å². The maximum atomic E-state index is 12.2. The Balaban J connectivity index is 1.80. The van der Waals surface area contributed by atoms with Crippen LogP contribution < -0.4 is 14.8 Å². The van der Waals surface area contributed by atoms with E-state index >= 15 is 0 Å². The fourth-order valence-corrected chi connectivity index (χ4v) is 2.80. The van der Waals surface area contributed by atoms with Crippen LogP contribution in [0, 0.1) is 0 Å². The SMILES string of the molecule is COc1ccc(CC(=O)NCC(=O)N2CCN(C(C)=O)CC2)cc1OC. The molecule has 2 rings (SSSR count). The van der Waals surface area contributed by atoms with E-state index in [4.69, 9.17) is 9.47 Å². The first kappa shape index (κ1) is 19.6. The predicted molar refractivity (Wildman–Crippen MR) is 95.1 cm³/mol. The monoisotopic (exact) mass is 363 g/mol. The minimum absolute atomic E-state index is 0.0142. The van der Waals surface area contributed by atoms with Crippen LogP contribution in [0.25, 0.3) is 0 Å². The van der Waals surface area contributed by atoms with E-state index in [1.807, 2.05) is 0 Å². The number of hydrogen-bond acceptors (Lipinski definition) is 5. The van der Waals surface area contributed by atoms with E-state index in [9.17, 15) is 14.4 Å². The van der Waals surface area contributed by atoms with E-state index < -0.39 is 0 Å². The maximum absolute atomic E-state index is 12.2. The van der Waals surface area contributed by atoms with Crippen molar-refractivity contribution in [1.29, 1.82) is 0 Å². The molecule has 1 aromatic carbocycles. The summed E-state index contributed by atoms with van der Waals surface area (Å²) >= 11 is 0. The second-order valence-corrected chi connectivity index (χ2v) is 6.03. The van der Waals surface area contributed by atoms with E-state index in [0.717, 1.165) is 5.56 Å². The molecule has 0 spiro atoms. The number of methoxy groups -OCH3 is 2. The lowest BCUT2D eigenvalue weighted by atomic mass is 10.1. The molecule has 1 saturated heterocycles. The first-order valence-electron chi connectivity index (χ1n) is 8.45. The lowest BCUT2D eigenvalue weighted by molar-refractivity contribution is -0.138. The Morgan fingerprint density at radius 1 is 1.00 bits per heavy atom. The van der Waals surface area contributed by atoms with Crippen LogP contribution in [-0.2, 0) is 20.8 Å². The van der Waals surface area contributed by atoms with Gasteiger partial charge in [-0.15, -0.1) is 0 Å². The first-order valence-corrected chi connectivity index (χ1v) is 8.45. The Bertz CT molecular complexity index is 669. The number of carbonyl (C=O) groups is 3. The van der Waals surface area contributed by atoms with Crippen molar-refractivity contribution in [3.05, 3.63) is 23.8 Å². The number of rotatable bonds is 6. The zero-order valence-electron chi connectivity index (χ0n) is 15.4. The van der Waals surface area contributed by atoms with Crippen molar-refractivity contribution in [3.63, 3.8) is 0 Å². The van der Waals surface area contributed by atoms with E-state index in [-0.39, 0.29) is 30.7 Å². The molecule has 142 valence electrons. The van der Waals surface area contributed by atoms with E-state index in [1.165, 1.54) is 14.0 Å². The lowest BCUT2D eigenvalue weighted by Gasteiger charge is -2.34. The fourth-order valence-electron chi connectivity index (χ4n) is 2.80. The summed E-state index contributed by atoms with van der Waals surface area (Å²) in [7, 11) is 3.08. The van der Waals surface area contributed by atoms with Gasteiger partial charge in [0.05, 0.1) is 27.2 Å². The van der Waals surface area contributed by atoms with Crippen LogP contribution in [0.3, 0.4) is 0 Å². The molecule has 8 heteroatoms. The van der Waals surface area contributed by atoms with Crippen molar-refractivity contribution in [1.82, 2.24) is 15.1 Å². The summed E-state index contributed by atoms with van der Waals surface area (Å²) < 4.78 is 10.4. The zero-order valence-corrected chi connectivity index (χ0v) is 15.4. The predicted octanol–water partition coefficient (Wildman–Crippen LogP) is 0.0532. The highest BCUT2D eigenvalue weighted by atomic mass is 16.5. The number of ether oxygens (including phenoxy) is 2. The van der Waals surface area contributed by atoms with Gasteiger partial charge in [0.1, 0.15) is 0 Å². The van der Waals surface area contributed by atoms with Gasteiger partial charge in [0.25, 0.3) is 0 Å². The molecule has 0 aliphatic carbocycles. The smallest absolute Gasteiger partial charge is 0.242 e. The summed E-state index contributed by atoms with van der Waals surface area (Å²) in [5.41, 5.74) is 0.766. The highest BCUT2D eigenvalue weighted by molar-refractivity contribution is 5.86. The Kier molecular flexibility index (Phi) is 6.82. The molecule has 0 aromatic heterocycles. The number of hydrogen-bond donors (Lipinski definition) is 1. The summed E-state index contributed by atoms with van der Waals surface area (Å²) in [6, 6.07) is 5.26. The van der Waals surface area contributed by atoms with Crippen LogP contribution >= 0.6 is 0 Å². The molecule has 0 saturated carbocycles. The van der Waals surface area contributed by atoms with Gasteiger partial charge in [-0.25, -0.2) is 0 Å². The molecule has 26 heavy (non-hydrogen) atoms. The van der Waals surface area contributed by atoms with Crippen LogP contribution in [0.15, 0.2) is 18.2 Å². The summed E-state index contributed by atoms with van der Waals surface area (Å²) in [5.74, 6) is 0.774. The average molecular weight is 363 g/mol. The quantitative estimate of drug-likeness (QED) is 0.772. The van der Waals surface area contributed by atoms with Crippen molar-refractivity contribution in [2.75, 3.05) is 46.9 Å². The van der Waals surface area contributed by atoms with Gasteiger partial charge < -0.3 is 24.6 Å². The highest BCUT2D eigenvalue weighted by Crippen LogP contribution is 2.27. The minimum atomic E-state index is -0.243. The van der Waals surface area contributed by atoms with Crippen LogP contribution in [0.4, 0.5) is 0 Å². The first-order chi connectivity index (χ1) is 12.4. The number of piperazine rings is 1. The molecule has 0 atom stereocenters. The molecule has 1 heterocycles. The third-order valence-electron chi connectivity index (χ3n) is 4.33. The van der Waals surface area contributed by atoms with Gasteiger partial charge in [-0.1, -0.05) is 6.07 Å². The number of nitrogens with zero attached hydrogens (tertiary/aromatic N) is 2. The Morgan fingerprint density at radius 3 is 2.19 bits per heavy atom. The standard InChI is InChI=1S/C18H25N3O5/c1-13(22)20-6-8-21(9-7-20)18(24)12-19-17(23)11-14-4-5-15(25-2)16(10-14)26-3/h4-5,10H,6-9,11-12H2,1-3H3,(H,19,23). The van der Waals surface area contributed by atoms with Gasteiger partial charge >= 0.3 is 0 Å². The number of benzene rings is 1. The molecule has 0 radical (unpaired) electrons. The van der Waals surface area contributed by atoms with E-state index in [2.05, 4.69) is 5.32 Å². The van der Waals surface area contributed by atoms with Gasteiger partial charge in [-0.2, -0.15) is 0 Å². The van der Waals surface area contributed by atoms with E-state index in [1.54, 1.807) is 35.1 Å². The molecule has 3 amide bonds. The zero-order chi connectivity index (χ0) is 19.1. The maximum Gasteiger partial charge on any atom is 0.242 e. The summed E-state index contributed by atoms with van der Waals surface area (Å²) in [6.45, 7) is 3.51. The third-order valence-corrected chi connectivity index (χ3v) is 4.33. The molecular formula is C18H25N3O5. The second kappa shape index (κ2) is 9.07. The summed E-state index contributed by atoms with van der Waals surface area (Å²) in [4.78, 5) is 38.9. The van der Waals surface area contributed by atoms with Crippen molar-refractivity contribution < 1.29 is 23.9 Å². The molecule has 1 aliphatic rings. The van der Waals surface area contributed by atoms with Gasteiger partial charge in [0.2, 0.25) is 17.7 Å². The molecule has 8 nitrogen and oxygen atoms in total. The fraction of sp³-hybridized carbons (Fsp3) is 0.500. The Morgan fingerprint density at radius 2 is 1.62 bits per heavy atom. The van der Waals surface area contributed by atoms with Crippen molar-refractivity contribution >= 4 is 17.7 Å². The summed E-state index contributed by atoms with van der Waals surface area (Å²) in [5, 5.41) is 2.65. The molecular weight excluding hydrogens is 338 g/mol. The molecule has 0 bridgehead atoms. The van der Waals surface area contributed by atoms with Crippen LogP contribution in [0.2, 0.25) is 0 Å². The van der Waals surface area contributed by atoms with Crippen molar-refractivity contribution in [2.45, 2.75) is 13.3 Å².